The lowest BCUT2D eigenvalue weighted by Gasteiger charge is -2.43. The summed E-state index contributed by atoms with van der Waals surface area (Å²) >= 11 is 0. The zero-order valence-corrected chi connectivity index (χ0v) is 8.53. The number of carbonyl (C=O) groups excluding carboxylic acids is 1. The molecule has 0 aromatic heterocycles. The van der Waals surface area contributed by atoms with Crippen LogP contribution in [-0.4, -0.2) is 27.9 Å². The van der Waals surface area contributed by atoms with E-state index in [1.807, 2.05) is 0 Å². The van der Waals surface area contributed by atoms with Gasteiger partial charge in [-0.1, -0.05) is 0 Å². The van der Waals surface area contributed by atoms with Gasteiger partial charge in [-0.2, -0.15) is 13.6 Å². The summed E-state index contributed by atoms with van der Waals surface area (Å²) < 4.78 is 16.7. The molecule has 0 aliphatic heterocycles. The molecule has 11 heavy (non-hydrogen) atoms. The average Bonchev–Trinajstić information content (AvgIpc) is 1.57. The van der Waals surface area contributed by atoms with Crippen molar-refractivity contribution in [1.29, 1.82) is 0 Å². The molecule has 0 aliphatic carbocycles. The topological polar surface area (TPSA) is 43.4 Å². The monoisotopic (exact) mass is 180 g/mol. The summed E-state index contributed by atoms with van der Waals surface area (Å²) in [6, 6.07) is 0. The van der Waals surface area contributed by atoms with Gasteiger partial charge in [0.15, 0.2) is 0 Å². The van der Waals surface area contributed by atoms with Crippen molar-refractivity contribution in [1.82, 2.24) is 0 Å². The summed E-state index contributed by atoms with van der Waals surface area (Å²) in [5.74, 6) is -0.485. The molecule has 0 heterocycles. The standard InChI is InChI=1S/C7H16O3S/c1-6(2)11(4,5,9)10-7(3)8/h6H,1-5H3. The fourth-order valence-electron chi connectivity index (χ4n) is 0.447. The first-order chi connectivity index (χ1) is 4.63. The van der Waals surface area contributed by atoms with Crippen molar-refractivity contribution in [3.63, 3.8) is 0 Å². The summed E-state index contributed by atoms with van der Waals surface area (Å²) in [5.41, 5.74) is 0. The van der Waals surface area contributed by atoms with Gasteiger partial charge in [-0.3, -0.25) is 4.79 Å². The number of rotatable bonds is 2. The van der Waals surface area contributed by atoms with Crippen LogP contribution in [0, 0.1) is 0 Å². The van der Waals surface area contributed by atoms with E-state index in [1.54, 1.807) is 13.8 Å². The molecule has 0 aromatic carbocycles. The molecule has 0 saturated carbocycles. The zero-order chi connectivity index (χ0) is 9.31. The van der Waals surface area contributed by atoms with Gasteiger partial charge in [0.2, 0.25) is 0 Å². The van der Waals surface area contributed by atoms with Gasteiger partial charge in [0.1, 0.15) is 0 Å². The van der Waals surface area contributed by atoms with Crippen molar-refractivity contribution in [2.45, 2.75) is 26.0 Å². The smallest absolute Gasteiger partial charge is 0.324 e. The third kappa shape index (κ3) is 3.01. The SMILES string of the molecule is CC(=O)OS(C)(C)(=O)C(C)C. The molecule has 0 bridgehead atoms. The molecule has 0 aromatic rings. The van der Waals surface area contributed by atoms with E-state index < -0.39 is 15.3 Å². The van der Waals surface area contributed by atoms with Crippen LogP contribution in [0.4, 0.5) is 0 Å². The van der Waals surface area contributed by atoms with Crippen molar-refractivity contribution >= 4 is 15.3 Å². The van der Waals surface area contributed by atoms with Crippen molar-refractivity contribution in [2.75, 3.05) is 12.5 Å². The summed E-state index contributed by atoms with van der Waals surface area (Å²) in [6.45, 7) is 4.82. The van der Waals surface area contributed by atoms with E-state index >= 15 is 0 Å². The molecule has 3 nitrogen and oxygen atoms in total. The molecule has 0 N–H and O–H groups in total. The highest BCUT2D eigenvalue weighted by atomic mass is 32.3. The van der Waals surface area contributed by atoms with Gasteiger partial charge >= 0.3 is 5.97 Å². The van der Waals surface area contributed by atoms with Crippen LogP contribution in [0.5, 0.6) is 0 Å². The molecule has 4 heteroatoms. The normalized spacial score (nSPS) is 15.6. The summed E-state index contributed by atoms with van der Waals surface area (Å²) in [4.78, 5) is 10.6. The minimum absolute atomic E-state index is 0.143. The van der Waals surface area contributed by atoms with Crippen molar-refractivity contribution in [3.8, 4) is 0 Å². The molecule has 0 amide bonds. The van der Waals surface area contributed by atoms with Crippen LogP contribution in [0.25, 0.3) is 0 Å². The Balaban J connectivity index is 4.67. The van der Waals surface area contributed by atoms with E-state index in [1.165, 1.54) is 19.4 Å². The largest absolute Gasteiger partial charge is 0.358 e. The Morgan fingerprint density at radius 3 is 1.82 bits per heavy atom. The molecule has 68 valence electrons. The molecule has 0 aliphatic rings. The van der Waals surface area contributed by atoms with Crippen LogP contribution >= 0.6 is 0 Å². The van der Waals surface area contributed by atoms with Gasteiger partial charge < -0.3 is 4.18 Å². The quantitative estimate of drug-likeness (QED) is 0.635. The van der Waals surface area contributed by atoms with Crippen LogP contribution in [0.15, 0.2) is 0 Å². The van der Waals surface area contributed by atoms with Gasteiger partial charge in [0.05, 0.1) is 0 Å². The second-order valence-electron chi connectivity index (χ2n) is 3.43. The van der Waals surface area contributed by atoms with E-state index in [0.717, 1.165) is 0 Å². The second-order valence-corrected chi connectivity index (χ2v) is 8.15. The predicted molar refractivity (Wildman–Crippen MR) is 46.9 cm³/mol. The molecular weight excluding hydrogens is 164 g/mol. The van der Waals surface area contributed by atoms with Crippen molar-refractivity contribution in [3.05, 3.63) is 0 Å². The fourth-order valence-corrected chi connectivity index (χ4v) is 1.34. The summed E-state index contributed by atoms with van der Waals surface area (Å²) in [6.07, 6.45) is 2.98. The molecule has 0 unspecified atom stereocenters. The molecule has 0 radical (unpaired) electrons. The first kappa shape index (κ1) is 10.6. The van der Waals surface area contributed by atoms with Gasteiger partial charge in [-0.05, 0) is 13.8 Å². The Kier molecular flexibility index (Phi) is 2.50. The first-order valence-electron chi connectivity index (χ1n) is 3.45. The maximum absolute atomic E-state index is 11.9. The Hall–Kier alpha value is -0.380. The lowest BCUT2D eigenvalue weighted by Crippen LogP contribution is -2.42. The predicted octanol–water partition coefficient (Wildman–Crippen LogP) is 0.953. The Morgan fingerprint density at radius 2 is 1.73 bits per heavy atom. The minimum atomic E-state index is -3.16. The lowest BCUT2D eigenvalue weighted by atomic mass is 10.6. The highest BCUT2D eigenvalue weighted by molar-refractivity contribution is 8.15. The van der Waals surface area contributed by atoms with Crippen LogP contribution in [-0.2, 0) is 18.3 Å². The van der Waals surface area contributed by atoms with Crippen LogP contribution in [0.3, 0.4) is 0 Å². The molecule has 0 spiro atoms. The van der Waals surface area contributed by atoms with Gasteiger partial charge in [-0.25, -0.2) is 0 Å². The van der Waals surface area contributed by atoms with Crippen molar-refractivity contribution in [2.24, 2.45) is 0 Å². The Bertz CT molecular complexity index is 224. The zero-order valence-electron chi connectivity index (χ0n) is 7.71. The maximum atomic E-state index is 11.9. The van der Waals surface area contributed by atoms with Gasteiger partial charge in [-0.15, -0.1) is 0 Å². The van der Waals surface area contributed by atoms with Crippen LogP contribution < -0.4 is 0 Å². The number of hydrogen-bond acceptors (Lipinski definition) is 3. The van der Waals surface area contributed by atoms with Crippen molar-refractivity contribution < 1.29 is 13.2 Å². The Morgan fingerprint density at radius 1 is 1.36 bits per heavy atom. The fraction of sp³-hybridized carbons (Fsp3) is 0.857. The summed E-state index contributed by atoms with van der Waals surface area (Å²) in [5, 5.41) is -0.143. The van der Waals surface area contributed by atoms with Gasteiger partial charge in [0, 0.05) is 24.7 Å². The molecule has 0 atom stereocenters. The third-order valence-corrected chi connectivity index (χ3v) is 5.08. The molecule has 0 fully saturated rings. The van der Waals surface area contributed by atoms with Gasteiger partial charge in [0.25, 0.3) is 0 Å². The number of carbonyl (C=O) groups is 1. The second kappa shape index (κ2) is 2.59. The summed E-state index contributed by atoms with van der Waals surface area (Å²) in [7, 11) is -3.16. The minimum Gasteiger partial charge on any atom is -0.358 e. The van der Waals surface area contributed by atoms with E-state index in [2.05, 4.69) is 0 Å². The highest BCUT2D eigenvalue weighted by Gasteiger charge is 2.26. The average molecular weight is 180 g/mol. The van der Waals surface area contributed by atoms with E-state index in [4.69, 9.17) is 4.18 Å². The van der Waals surface area contributed by atoms with E-state index in [9.17, 15) is 9.00 Å². The van der Waals surface area contributed by atoms with E-state index in [0.29, 0.717) is 0 Å². The molecule has 0 saturated heterocycles. The third-order valence-electron chi connectivity index (χ3n) is 1.69. The number of hydrogen-bond donors (Lipinski definition) is 0. The molecular formula is C7H16O3S. The van der Waals surface area contributed by atoms with E-state index in [-0.39, 0.29) is 5.25 Å². The molecule has 0 rings (SSSR count). The first-order valence-corrected chi connectivity index (χ1v) is 6.22. The Labute approximate surface area is 67.7 Å². The lowest BCUT2D eigenvalue weighted by molar-refractivity contribution is -0.131. The van der Waals surface area contributed by atoms with Crippen LogP contribution in [0.2, 0.25) is 0 Å². The highest BCUT2D eigenvalue weighted by Crippen LogP contribution is 2.25. The van der Waals surface area contributed by atoms with Crippen LogP contribution in [0.1, 0.15) is 20.8 Å². The maximum Gasteiger partial charge on any atom is 0.324 e.